The number of carbonyl (C=O) groups excluding carboxylic acids is 1. The first-order valence-corrected chi connectivity index (χ1v) is 7.41. The highest BCUT2D eigenvalue weighted by Crippen LogP contribution is 2.32. The van der Waals surface area contributed by atoms with Crippen molar-refractivity contribution in [1.29, 1.82) is 0 Å². The van der Waals surface area contributed by atoms with Crippen LogP contribution in [-0.4, -0.2) is 18.5 Å². The van der Waals surface area contributed by atoms with Gasteiger partial charge in [-0.3, -0.25) is 4.79 Å². The lowest BCUT2D eigenvalue weighted by Gasteiger charge is -2.28. The number of hydrogen-bond donors (Lipinski definition) is 2. The lowest BCUT2D eigenvalue weighted by Crippen LogP contribution is -2.47. The Kier molecular flexibility index (Phi) is 3.62. The summed E-state index contributed by atoms with van der Waals surface area (Å²) in [4.78, 5) is 12.3. The van der Waals surface area contributed by atoms with Gasteiger partial charge in [0.15, 0.2) is 0 Å². The quantitative estimate of drug-likeness (QED) is 0.827. The minimum Gasteiger partial charge on any atom is -0.354 e. The zero-order valence-corrected chi connectivity index (χ0v) is 12.0. The summed E-state index contributed by atoms with van der Waals surface area (Å²) < 4.78 is 0. The van der Waals surface area contributed by atoms with Gasteiger partial charge in [0.2, 0.25) is 5.91 Å². The van der Waals surface area contributed by atoms with Gasteiger partial charge in [0.05, 0.1) is 5.41 Å². The van der Waals surface area contributed by atoms with Crippen molar-refractivity contribution in [2.24, 2.45) is 5.41 Å². The van der Waals surface area contributed by atoms with Crippen molar-refractivity contribution in [3.63, 3.8) is 0 Å². The predicted octanol–water partition coefficient (Wildman–Crippen LogP) is 2.17. The number of benzene rings is 1. The third-order valence-corrected chi connectivity index (χ3v) is 4.53. The van der Waals surface area contributed by atoms with Crippen molar-refractivity contribution in [3.8, 4) is 0 Å². The van der Waals surface area contributed by atoms with Crippen LogP contribution in [0, 0.1) is 5.41 Å². The van der Waals surface area contributed by atoms with E-state index in [0.717, 1.165) is 25.8 Å². The van der Waals surface area contributed by atoms with E-state index in [0.29, 0.717) is 12.6 Å². The fourth-order valence-electron chi connectivity index (χ4n) is 3.05. The zero-order valence-electron chi connectivity index (χ0n) is 12.0. The molecule has 0 fully saturated rings. The summed E-state index contributed by atoms with van der Waals surface area (Å²) in [6, 6.07) is 8.86. The van der Waals surface area contributed by atoms with E-state index in [4.69, 9.17) is 0 Å². The number of amides is 1. The molecule has 0 aromatic heterocycles. The van der Waals surface area contributed by atoms with E-state index in [1.807, 2.05) is 6.92 Å². The van der Waals surface area contributed by atoms with Crippen LogP contribution in [-0.2, 0) is 17.8 Å². The lowest BCUT2D eigenvalue weighted by molar-refractivity contribution is -0.129. The summed E-state index contributed by atoms with van der Waals surface area (Å²) in [5, 5.41) is 6.63. The Balaban J connectivity index is 1.54. The van der Waals surface area contributed by atoms with Crippen LogP contribution in [0.2, 0.25) is 0 Å². The highest BCUT2D eigenvalue weighted by Gasteiger charge is 2.33. The SMILES string of the molecule is CC1(C(=O)NCC2Cc3ccccc3CN2)CC=CC1. The Morgan fingerprint density at radius 1 is 1.30 bits per heavy atom. The molecule has 1 aromatic rings. The van der Waals surface area contributed by atoms with Crippen LogP contribution in [0.15, 0.2) is 36.4 Å². The molecule has 0 saturated heterocycles. The topological polar surface area (TPSA) is 41.1 Å². The van der Waals surface area contributed by atoms with Gasteiger partial charge >= 0.3 is 0 Å². The third-order valence-electron chi connectivity index (χ3n) is 4.53. The fraction of sp³-hybridized carbons (Fsp3) is 0.471. The van der Waals surface area contributed by atoms with E-state index in [1.54, 1.807) is 0 Å². The molecule has 0 spiro atoms. The van der Waals surface area contributed by atoms with Crippen molar-refractivity contribution in [2.75, 3.05) is 6.54 Å². The van der Waals surface area contributed by atoms with Crippen molar-refractivity contribution in [3.05, 3.63) is 47.5 Å². The highest BCUT2D eigenvalue weighted by atomic mass is 16.2. The highest BCUT2D eigenvalue weighted by molar-refractivity contribution is 5.83. The lowest BCUT2D eigenvalue weighted by atomic mass is 9.87. The van der Waals surface area contributed by atoms with Crippen LogP contribution in [0.25, 0.3) is 0 Å². The Labute approximate surface area is 120 Å². The molecule has 1 amide bonds. The summed E-state index contributed by atoms with van der Waals surface area (Å²) in [5.41, 5.74) is 2.55. The van der Waals surface area contributed by atoms with Crippen molar-refractivity contribution in [2.45, 2.75) is 38.8 Å². The van der Waals surface area contributed by atoms with Crippen LogP contribution in [0.5, 0.6) is 0 Å². The average Bonchev–Trinajstić information content (AvgIpc) is 2.92. The molecule has 1 heterocycles. The monoisotopic (exact) mass is 270 g/mol. The summed E-state index contributed by atoms with van der Waals surface area (Å²) >= 11 is 0. The smallest absolute Gasteiger partial charge is 0.226 e. The normalized spacial score (nSPS) is 23.4. The number of rotatable bonds is 3. The van der Waals surface area contributed by atoms with E-state index in [2.05, 4.69) is 47.1 Å². The first-order chi connectivity index (χ1) is 9.67. The second-order valence-corrected chi connectivity index (χ2v) is 6.20. The Hall–Kier alpha value is -1.61. The van der Waals surface area contributed by atoms with Crippen LogP contribution in [0.1, 0.15) is 30.9 Å². The molecule has 1 aliphatic carbocycles. The molecule has 1 atom stereocenters. The van der Waals surface area contributed by atoms with Crippen LogP contribution in [0.4, 0.5) is 0 Å². The van der Waals surface area contributed by atoms with Crippen molar-refractivity contribution < 1.29 is 4.79 Å². The standard InChI is InChI=1S/C17H22N2O/c1-17(8-4-5-9-17)16(20)19-12-15-10-13-6-2-3-7-14(13)11-18-15/h2-7,15,18H,8-12H2,1H3,(H,19,20). The first kappa shape index (κ1) is 13.4. The molecule has 0 bridgehead atoms. The van der Waals surface area contributed by atoms with Gasteiger partial charge in [-0.1, -0.05) is 43.3 Å². The van der Waals surface area contributed by atoms with Crippen LogP contribution >= 0.6 is 0 Å². The van der Waals surface area contributed by atoms with Crippen LogP contribution in [0.3, 0.4) is 0 Å². The number of allylic oxidation sites excluding steroid dienone is 2. The molecule has 1 unspecified atom stereocenters. The van der Waals surface area contributed by atoms with Gasteiger partial charge < -0.3 is 10.6 Å². The second-order valence-electron chi connectivity index (χ2n) is 6.20. The van der Waals surface area contributed by atoms with E-state index in [-0.39, 0.29) is 11.3 Å². The van der Waals surface area contributed by atoms with Crippen LogP contribution < -0.4 is 10.6 Å². The molecule has 106 valence electrons. The Morgan fingerprint density at radius 3 is 2.75 bits per heavy atom. The third kappa shape index (κ3) is 2.63. The predicted molar refractivity (Wildman–Crippen MR) is 80.3 cm³/mol. The van der Waals surface area contributed by atoms with E-state index >= 15 is 0 Å². The largest absolute Gasteiger partial charge is 0.354 e. The van der Waals surface area contributed by atoms with Gasteiger partial charge in [-0.15, -0.1) is 0 Å². The maximum atomic E-state index is 12.3. The molecule has 1 aromatic carbocycles. The molecule has 2 aliphatic rings. The summed E-state index contributed by atoms with van der Waals surface area (Å²) in [7, 11) is 0. The summed E-state index contributed by atoms with van der Waals surface area (Å²) in [6.45, 7) is 3.66. The van der Waals surface area contributed by atoms with Gasteiger partial charge in [0.25, 0.3) is 0 Å². The van der Waals surface area contributed by atoms with Gasteiger partial charge in [0, 0.05) is 19.1 Å². The van der Waals surface area contributed by atoms with Gasteiger partial charge in [-0.2, -0.15) is 0 Å². The van der Waals surface area contributed by atoms with E-state index in [9.17, 15) is 4.79 Å². The molecule has 3 nitrogen and oxygen atoms in total. The summed E-state index contributed by atoms with van der Waals surface area (Å²) in [6.07, 6.45) is 6.92. The number of fused-ring (bicyclic) bond motifs is 1. The molecule has 20 heavy (non-hydrogen) atoms. The number of carbonyl (C=O) groups is 1. The molecular formula is C17H22N2O. The Morgan fingerprint density at radius 2 is 2.00 bits per heavy atom. The minimum absolute atomic E-state index is 0.183. The van der Waals surface area contributed by atoms with Gasteiger partial charge in [-0.05, 0) is 30.4 Å². The maximum absolute atomic E-state index is 12.3. The van der Waals surface area contributed by atoms with Crippen molar-refractivity contribution in [1.82, 2.24) is 10.6 Å². The van der Waals surface area contributed by atoms with E-state index in [1.165, 1.54) is 11.1 Å². The molecule has 0 saturated carbocycles. The number of nitrogens with one attached hydrogen (secondary N) is 2. The van der Waals surface area contributed by atoms with E-state index < -0.39 is 0 Å². The van der Waals surface area contributed by atoms with Gasteiger partial charge in [-0.25, -0.2) is 0 Å². The molecule has 2 N–H and O–H groups in total. The molecule has 1 aliphatic heterocycles. The molecule has 0 radical (unpaired) electrons. The maximum Gasteiger partial charge on any atom is 0.226 e. The Bertz CT molecular complexity index is 528. The zero-order chi connectivity index (χ0) is 14.0. The van der Waals surface area contributed by atoms with Gasteiger partial charge in [0.1, 0.15) is 0 Å². The second kappa shape index (κ2) is 5.41. The average molecular weight is 270 g/mol. The molecule has 3 rings (SSSR count). The fourth-order valence-corrected chi connectivity index (χ4v) is 3.05. The molecular weight excluding hydrogens is 248 g/mol. The minimum atomic E-state index is -0.230. The van der Waals surface area contributed by atoms with Crippen molar-refractivity contribution >= 4 is 5.91 Å². The molecule has 3 heteroatoms. The summed E-state index contributed by atoms with van der Waals surface area (Å²) in [5.74, 6) is 0.183. The number of hydrogen-bond acceptors (Lipinski definition) is 2. The first-order valence-electron chi connectivity index (χ1n) is 7.41.